The Kier molecular flexibility index (Phi) is 6.61. The van der Waals surface area contributed by atoms with Gasteiger partial charge in [0.2, 0.25) is 0 Å². The highest BCUT2D eigenvalue weighted by Gasteiger charge is 2.19. The zero-order valence-electron chi connectivity index (χ0n) is 17.1. The smallest absolute Gasteiger partial charge is 0.261 e. The van der Waals surface area contributed by atoms with Crippen LogP contribution in [0.25, 0.3) is 10.9 Å². The van der Waals surface area contributed by atoms with Crippen LogP contribution in [0.3, 0.4) is 0 Å². The van der Waals surface area contributed by atoms with Gasteiger partial charge in [-0.25, -0.2) is 4.98 Å². The van der Waals surface area contributed by atoms with Crippen molar-refractivity contribution in [3.63, 3.8) is 0 Å². The summed E-state index contributed by atoms with van der Waals surface area (Å²) in [6, 6.07) is 23.4. The van der Waals surface area contributed by atoms with E-state index in [1.54, 1.807) is 12.1 Å². The first-order chi connectivity index (χ1) is 15.0. The number of aryl methyl sites for hydroxylation is 1. The summed E-state index contributed by atoms with van der Waals surface area (Å²) in [6.07, 6.45) is 0.302. The third kappa shape index (κ3) is 4.93. The average molecular weight is 479 g/mol. The first-order valence-corrected chi connectivity index (χ1v) is 10.9. The number of fused-ring (bicyclic) bond motifs is 1. The van der Waals surface area contributed by atoms with E-state index in [0.717, 1.165) is 21.2 Å². The van der Waals surface area contributed by atoms with Gasteiger partial charge in [0.15, 0.2) is 0 Å². The Hall–Kier alpha value is -2.80. The summed E-state index contributed by atoms with van der Waals surface area (Å²) in [6.45, 7) is 2.23. The number of hydrogen-bond donors (Lipinski definition) is 1. The Morgan fingerprint density at radius 2 is 1.81 bits per heavy atom. The number of aliphatic hydroxyl groups excluding tert-OH is 1. The minimum Gasteiger partial charge on any atom is -0.389 e. The fourth-order valence-electron chi connectivity index (χ4n) is 3.62. The van der Waals surface area contributed by atoms with Gasteiger partial charge in [-0.1, -0.05) is 70.5 Å². The van der Waals surface area contributed by atoms with Crippen LogP contribution in [0, 0.1) is 6.92 Å². The minimum absolute atomic E-state index is 0.0802. The zero-order valence-corrected chi connectivity index (χ0v) is 18.7. The Bertz CT molecular complexity index is 1240. The van der Waals surface area contributed by atoms with Gasteiger partial charge >= 0.3 is 0 Å². The minimum atomic E-state index is -0.862. The molecular weight excluding hydrogens is 456 g/mol. The van der Waals surface area contributed by atoms with E-state index in [2.05, 4.69) is 20.9 Å². The number of aliphatic hydroxyl groups is 1. The summed E-state index contributed by atoms with van der Waals surface area (Å²) in [7, 11) is 0. The molecule has 0 aliphatic heterocycles. The van der Waals surface area contributed by atoms with Gasteiger partial charge in [0.05, 0.1) is 36.5 Å². The number of ether oxygens (including phenoxy) is 1. The van der Waals surface area contributed by atoms with Gasteiger partial charge in [0, 0.05) is 4.47 Å². The molecule has 0 unspecified atom stereocenters. The van der Waals surface area contributed by atoms with Crippen molar-refractivity contribution < 1.29 is 9.84 Å². The highest BCUT2D eigenvalue weighted by Crippen LogP contribution is 2.28. The second-order valence-electron chi connectivity index (χ2n) is 7.50. The van der Waals surface area contributed by atoms with Crippen molar-refractivity contribution in [1.29, 1.82) is 0 Å². The predicted molar refractivity (Wildman–Crippen MR) is 125 cm³/mol. The van der Waals surface area contributed by atoms with Crippen LogP contribution in [0.2, 0.25) is 0 Å². The second-order valence-corrected chi connectivity index (χ2v) is 8.41. The van der Waals surface area contributed by atoms with E-state index in [9.17, 15) is 9.90 Å². The van der Waals surface area contributed by atoms with E-state index in [4.69, 9.17) is 4.74 Å². The number of nitrogens with zero attached hydrogens (tertiary/aromatic N) is 2. The van der Waals surface area contributed by atoms with Crippen molar-refractivity contribution in [3.05, 3.63) is 111 Å². The number of benzene rings is 3. The first-order valence-electron chi connectivity index (χ1n) is 10.1. The lowest BCUT2D eigenvalue weighted by molar-refractivity contribution is -0.00119. The normalized spacial score (nSPS) is 13.3. The molecule has 0 bridgehead atoms. The van der Waals surface area contributed by atoms with Gasteiger partial charge in [-0.2, -0.15) is 0 Å². The summed E-state index contributed by atoms with van der Waals surface area (Å²) >= 11 is 3.39. The van der Waals surface area contributed by atoms with Gasteiger partial charge < -0.3 is 9.84 Å². The van der Waals surface area contributed by atoms with Gasteiger partial charge in [0.1, 0.15) is 6.10 Å². The molecule has 1 N–H and O–H groups in total. The van der Waals surface area contributed by atoms with Crippen molar-refractivity contribution in [2.75, 3.05) is 6.61 Å². The zero-order chi connectivity index (χ0) is 21.8. The number of rotatable bonds is 7. The molecule has 0 amide bonds. The van der Waals surface area contributed by atoms with Gasteiger partial charge in [-0.15, -0.1) is 0 Å². The molecule has 0 saturated heterocycles. The molecule has 1 heterocycles. The summed E-state index contributed by atoms with van der Waals surface area (Å²) in [5, 5.41) is 11.2. The monoisotopic (exact) mass is 478 g/mol. The molecule has 5 nitrogen and oxygen atoms in total. The fourth-order valence-corrected chi connectivity index (χ4v) is 3.98. The number of aromatic nitrogens is 2. The van der Waals surface area contributed by atoms with Gasteiger partial charge in [-0.05, 0) is 41.8 Å². The van der Waals surface area contributed by atoms with Crippen LogP contribution < -0.4 is 5.56 Å². The second kappa shape index (κ2) is 9.56. The molecule has 6 heteroatoms. The summed E-state index contributed by atoms with van der Waals surface area (Å²) < 4.78 is 8.42. The highest BCUT2D eigenvalue weighted by atomic mass is 79.9. The standard InChI is InChI=1S/C25H23BrN2O3/c1-17-7-5-6-10-21(17)24(18-8-3-2-4-9-18)31-15-20(29)14-28-16-27-23-12-11-19(26)13-22(23)25(28)30/h2-13,16,20,24,29H,14-15H2,1H3/t20-,24+/m0/s1. The molecule has 0 aliphatic rings. The molecule has 3 aromatic carbocycles. The van der Waals surface area contributed by atoms with Crippen molar-refractivity contribution >= 4 is 26.8 Å². The van der Waals surface area contributed by atoms with Crippen molar-refractivity contribution in [2.24, 2.45) is 0 Å². The SMILES string of the molecule is Cc1ccccc1[C@H](OC[C@@H](O)Cn1cnc2ccc(Br)cc2c1=O)c1ccccc1. The van der Waals surface area contributed by atoms with Crippen molar-refractivity contribution in [3.8, 4) is 0 Å². The maximum Gasteiger partial charge on any atom is 0.261 e. The summed E-state index contributed by atoms with van der Waals surface area (Å²) in [4.78, 5) is 17.1. The van der Waals surface area contributed by atoms with Crippen LogP contribution in [-0.4, -0.2) is 27.4 Å². The molecule has 0 radical (unpaired) electrons. The largest absolute Gasteiger partial charge is 0.389 e. The molecular formula is C25H23BrN2O3. The molecule has 0 aliphatic carbocycles. The van der Waals surface area contributed by atoms with Crippen molar-refractivity contribution in [2.45, 2.75) is 25.7 Å². The van der Waals surface area contributed by atoms with E-state index < -0.39 is 6.10 Å². The molecule has 31 heavy (non-hydrogen) atoms. The fraction of sp³-hybridized carbons (Fsp3) is 0.200. The van der Waals surface area contributed by atoms with E-state index in [1.165, 1.54) is 10.9 Å². The lowest BCUT2D eigenvalue weighted by Crippen LogP contribution is -2.30. The molecule has 4 rings (SSSR count). The van der Waals surface area contributed by atoms with E-state index >= 15 is 0 Å². The van der Waals surface area contributed by atoms with Crippen LogP contribution >= 0.6 is 15.9 Å². The van der Waals surface area contributed by atoms with Crippen LogP contribution in [0.1, 0.15) is 22.8 Å². The van der Waals surface area contributed by atoms with Crippen LogP contribution in [0.15, 0.2) is 88.4 Å². The molecule has 0 fully saturated rings. The van der Waals surface area contributed by atoms with Gasteiger partial charge in [-0.3, -0.25) is 9.36 Å². The van der Waals surface area contributed by atoms with Gasteiger partial charge in [0.25, 0.3) is 5.56 Å². The maximum atomic E-state index is 12.8. The van der Waals surface area contributed by atoms with E-state index in [1.807, 2.05) is 67.6 Å². The van der Waals surface area contributed by atoms with E-state index in [0.29, 0.717) is 10.9 Å². The van der Waals surface area contributed by atoms with Crippen LogP contribution in [-0.2, 0) is 11.3 Å². The first kappa shape index (κ1) is 21.4. The molecule has 4 aromatic rings. The maximum absolute atomic E-state index is 12.8. The molecule has 0 spiro atoms. The van der Waals surface area contributed by atoms with Crippen molar-refractivity contribution in [1.82, 2.24) is 9.55 Å². The third-order valence-corrected chi connectivity index (χ3v) is 5.72. The lowest BCUT2D eigenvalue weighted by Gasteiger charge is -2.23. The third-order valence-electron chi connectivity index (χ3n) is 5.22. The summed E-state index contributed by atoms with van der Waals surface area (Å²) in [5.74, 6) is 0. The Morgan fingerprint density at radius 3 is 2.58 bits per heavy atom. The lowest BCUT2D eigenvalue weighted by atomic mass is 9.97. The Balaban J connectivity index is 1.53. The van der Waals surface area contributed by atoms with E-state index in [-0.39, 0.29) is 24.8 Å². The topological polar surface area (TPSA) is 64.3 Å². The molecule has 2 atom stereocenters. The average Bonchev–Trinajstić information content (AvgIpc) is 2.78. The molecule has 0 saturated carbocycles. The quantitative estimate of drug-likeness (QED) is 0.420. The Morgan fingerprint density at radius 1 is 1.06 bits per heavy atom. The van der Waals surface area contributed by atoms with Crippen LogP contribution in [0.5, 0.6) is 0 Å². The number of hydrogen-bond acceptors (Lipinski definition) is 4. The molecule has 1 aromatic heterocycles. The summed E-state index contributed by atoms with van der Waals surface area (Å²) in [5.41, 5.74) is 3.61. The van der Waals surface area contributed by atoms with Crippen LogP contribution in [0.4, 0.5) is 0 Å². The Labute approximate surface area is 189 Å². The molecule has 158 valence electrons. The predicted octanol–water partition coefficient (Wildman–Crippen LogP) is 4.63. The highest BCUT2D eigenvalue weighted by molar-refractivity contribution is 9.10. The number of halogens is 1.